The van der Waals surface area contributed by atoms with Gasteiger partial charge in [-0.25, -0.2) is 9.69 Å². The van der Waals surface area contributed by atoms with E-state index in [9.17, 15) is 9.59 Å². The standard InChI is InChI=1S/C26H24N4O3/c1-5-19-11-15-23(16-12-19)30(25(31)21-7-6-8-24(17-21)33-4)26(32)28-22-13-9-20(10-14-22)18-27-29(2)3/h1,6-18H,2-4H3,(H,28,32). The lowest BCUT2D eigenvalue weighted by atomic mass is 10.1. The zero-order valence-corrected chi connectivity index (χ0v) is 18.6. The summed E-state index contributed by atoms with van der Waals surface area (Å²) in [5.74, 6) is 2.53. The molecule has 7 heteroatoms. The molecule has 0 spiro atoms. The van der Waals surface area contributed by atoms with Crippen LogP contribution in [0.4, 0.5) is 16.2 Å². The number of amides is 3. The number of terminal acetylenes is 1. The molecule has 33 heavy (non-hydrogen) atoms. The number of rotatable bonds is 6. The van der Waals surface area contributed by atoms with Crippen molar-refractivity contribution >= 4 is 29.5 Å². The van der Waals surface area contributed by atoms with Gasteiger partial charge in [-0.05, 0) is 60.2 Å². The van der Waals surface area contributed by atoms with E-state index in [-0.39, 0.29) is 0 Å². The van der Waals surface area contributed by atoms with Crippen LogP contribution < -0.4 is 15.0 Å². The number of methoxy groups -OCH3 is 1. The predicted octanol–water partition coefficient (Wildman–Crippen LogP) is 4.45. The van der Waals surface area contributed by atoms with Gasteiger partial charge in [0.15, 0.2) is 0 Å². The lowest BCUT2D eigenvalue weighted by Gasteiger charge is -2.22. The Morgan fingerprint density at radius 3 is 2.33 bits per heavy atom. The van der Waals surface area contributed by atoms with Gasteiger partial charge in [0.05, 0.1) is 19.0 Å². The maximum Gasteiger partial charge on any atom is 0.333 e. The summed E-state index contributed by atoms with van der Waals surface area (Å²) in [6, 6.07) is 19.7. The van der Waals surface area contributed by atoms with Crippen molar-refractivity contribution in [3.05, 3.63) is 89.5 Å². The molecule has 0 atom stereocenters. The first-order valence-electron chi connectivity index (χ1n) is 10.1. The number of hydrazone groups is 1. The Hall–Kier alpha value is -4.57. The molecule has 0 saturated heterocycles. The zero-order valence-electron chi connectivity index (χ0n) is 18.6. The third kappa shape index (κ3) is 5.99. The molecular formula is C26H24N4O3. The Kier molecular flexibility index (Phi) is 7.45. The average molecular weight is 441 g/mol. The van der Waals surface area contributed by atoms with Gasteiger partial charge in [0.25, 0.3) is 5.91 Å². The van der Waals surface area contributed by atoms with Gasteiger partial charge in [-0.2, -0.15) is 5.10 Å². The maximum atomic E-state index is 13.3. The van der Waals surface area contributed by atoms with Crippen molar-refractivity contribution in [3.8, 4) is 18.1 Å². The monoisotopic (exact) mass is 440 g/mol. The molecule has 166 valence electrons. The first kappa shape index (κ1) is 23.1. The summed E-state index contributed by atoms with van der Waals surface area (Å²) < 4.78 is 5.22. The fourth-order valence-corrected chi connectivity index (χ4v) is 2.93. The van der Waals surface area contributed by atoms with Crippen molar-refractivity contribution in [1.82, 2.24) is 5.01 Å². The number of nitrogens with zero attached hydrogens (tertiary/aromatic N) is 3. The number of urea groups is 1. The third-order valence-electron chi connectivity index (χ3n) is 4.61. The van der Waals surface area contributed by atoms with Crippen molar-refractivity contribution in [1.29, 1.82) is 0 Å². The summed E-state index contributed by atoms with van der Waals surface area (Å²) in [4.78, 5) is 27.6. The smallest absolute Gasteiger partial charge is 0.333 e. The van der Waals surface area contributed by atoms with Crippen LogP contribution in [0.2, 0.25) is 0 Å². The van der Waals surface area contributed by atoms with Gasteiger partial charge in [0.1, 0.15) is 5.75 Å². The summed E-state index contributed by atoms with van der Waals surface area (Å²) in [6.07, 6.45) is 7.14. The second-order valence-corrected chi connectivity index (χ2v) is 7.21. The van der Waals surface area contributed by atoms with Gasteiger partial charge in [-0.15, -0.1) is 6.42 Å². The highest BCUT2D eigenvalue weighted by Gasteiger charge is 2.25. The number of carbonyl (C=O) groups is 2. The number of ether oxygens (including phenoxy) is 1. The number of anilines is 2. The van der Waals surface area contributed by atoms with Gasteiger partial charge >= 0.3 is 6.03 Å². The van der Waals surface area contributed by atoms with E-state index in [0.717, 1.165) is 10.5 Å². The van der Waals surface area contributed by atoms with Crippen molar-refractivity contribution in [2.75, 3.05) is 31.4 Å². The zero-order chi connectivity index (χ0) is 23.8. The van der Waals surface area contributed by atoms with E-state index < -0.39 is 11.9 Å². The molecule has 0 aromatic heterocycles. The van der Waals surface area contributed by atoms with Crippen LogP contribution in [0, 0.1) is 12.3 Å². The van der Waals surface area contributed by atoms with Gasteiger partial charge in [0, 0.05) is 30.9 Å². The highest BCUT2D eigenvalue weighted by Crippen LogP contribution is 2.22. The minimum absolute atomic E-state index is 0.306. The lowest BCUT2D eigenvalue weighted by molar-refractivity contribution is 0.0995. The van der Waals surface area contributed by atoms with E-state index in [2.05, 4.69) is 16.3 Å². The summed E-state index contributed by atoms with van der Waals surface area (Å²) >= 11 is 0. The van der Waals surface area contributed by atoms with Gasteiger partial charge < -0.3 is 15.1 Å². The molecule has 0 heterocycles. The highest BCUT2D eigenvalue weighted by atomic mass is 16.5. The molecule has 0 aliphatic heterocycles. The Balaban J connectivity index is 1.90. The van der Waals surface area contributed by atoms with E-state index in [1.165, 1.54) is 7.11 Å². The predicted molar refractivity (Wildman–Crippen MR) is 131 cm³/mol. The number of hydrogen-bond acceptors (Lipinski definition) is 5. The minimum atomic E-state index is -0.606. The third-order valence-corrected chi connectivity index (χ3v) is 4.61. The largest absolute Gasteiger partial charge is 0.497 e. The van der Waals surface area contributed by atoms with Crippen LogP contribution in [0.15, 0.2) is 77.9 Å². The fourth-order valence-electron chi connectivity index (χ4n) is 2.93. The summed E-state index contributed by atoms with van der Waals surface area (Å²) in [5.41, 5.74) is 2.74. The molecule has 0 unspecified atom stereocenters. The normalized spacial score (nSPS) is 10.4. The van der Waals surface area contributed by atoms with Gasteiger partial charge in [-0.1, -0.05) is 24.1 Å². The van der Waals surface area contributed by atoms with E-state index in [1.54, 1.807) is 71.9 Å². The van der Waals surface area contributed by atoms with Crippen LogP contribution in [0.25, 0.3) is 0 Å². The summed E-state index contributed by atoms with van der Waals surface area (Å²) in [5, 5.41) is 8.65. The van der Waals surface area contributed by atoms with Crippen LogP contribution >= 0.6 is 0 Å². The van der Waals surface area contributed by atoms with E-state index >= 15 is 0 Å². The molecule has 0 fully saturated rings. The first-order valence-corrected chi connectivity index (χ1v) is 10.1. The van der Waals surface area contributed by atoms with Crippen LogP contribution in [0.5, 0.6) is 5.75 Å². The van der Waals surface area contributed by atoms with Crippen molar-refractivity contribution in [2.45, 2.75) is 0 Å². The quantitative estimate of drug-likeness (QED) is 0.349. The van der Waals surface area contributed by atoms with Crippen LogP contribution in [-0.2, 0) is 0 Å². The van der Waals surface area contributed by atoms with E-state index in [0.29, 0.717) is 28.3 Å². The van der Waals surface area contributed by atoms with Crippen LogP contribution in [0.1, 0.15) is 21.5 Å². The lowest BCUT2D eigenvalue weighted by Crippen LogP contribution is -2.40. The molecular weight excluding hydrogens is 416 g/mol. The van der Waals surface area contributed by atoms with Gasteiger partial charge in [-0.3, -0.25) is 4.79 Å². The molecule has 0 radical (unpaired) electrons. The number of nitrogens with one attached hydrogen (secondary N) is 1. The Labute approximate surface area is 193 Å². The highest BCUT2D eigenvalue weighted by molar-refractivity contribution is 6.23. The number of benzene rings is 3. The molecule has 0 aliphatic rings. The maximum absolute atomic E-state index is 13.3. The Morgan fingerprint density at radius 1 is 1.03 bits per heavy atom. The SMILES string of the molecule is C#Cc1ccc(N(C(=O)Nc2ccc(C=NN(C)C)cc2)C(=O)c2cccc(OC)c2)cc1. The Morgan fingerprint density at radius 2 is 1.73 bits per heavy atom. The van der Waals surface area contributed by atoms with Crippen molar-refractivity contribution < 1.29 is 14.3 Å². The molecule has 1 N–H and O–H groups in total. The molecule has 3 aromatic carbocycles. The van der Waals surface area contributed by atoms with E-state index in [1.807, 2.05) is 26.2 Å². The van der Waals surface area contributed by atoms with Crippen LogP contribution in [-0.4, -0.2) is 44.4 Å². The number of hydrogen-bond donors (Lipinski definition) is 1. The molecule has 0 aliphatic carbocycles. The van der Waals surface area contributed by atoms with Crippen molar-refractivity contribution in [3.63, 3.8) is 0 Å². The average Bonchev–Trinajstić information content (AvgIpc) is 2.84. The topological polar surface area (TPSA) is 74.2 Å². The van der Waals surface area contributed by atoms with E-state index in [4.69, 9.17) is 11.2 Å². The number of imide groups is 1. The molecule has 3 amide bonds. The summed E-state index contributed by atoms with van der Waals surface area (Å²) in [6.45, 7) is 0. The molecule has 0 saturated carbocycles. The molecule has 3 aromatic rings. The molecule has 7 nitrogen and oxygen atoms in total. The van der Waals surface area contributed by atoms with Crippen LogP contribution in [0.3, 0.4) is 0 Å². The minimum Gasteiger partial charge on any atom is -0.497 e. The molecule has 0 bridgehead atoms. The van der Waals surface area contributed by atoms with Crippen molar-refractivity contribution in [2.24, 2.45) is 5.10 Å². The first-order chi connectivity index (χ1) is 15.9. The summed E-state index contributed by atoms with van der Waals surface area (Å²) in [7, 11) is 5.17. The van der Waals surface area contributed by atoms with Gasteiger partial charge in [0.2, 0.25) is 0 Å². The second kappa shape index (κ2) is 10.6. The molecule has 3 rings (SSSR count). The Bertz CT molecular complexity index is 1190. The fraction of sp³-hybridized carbons (Fsp3) is 0.115. The second-order valence-electron chi connectivity index (χ2n) is 7.21. The number of carbonyl (C=O) groups excluding carboxylic acids is 2.